The van der Waals surface area contributed by atoms with Gasteiger partial charge in [-0.1, -0.05) is 31.2 Å². The Labute approximate surface area is 174 Å². The Morgan fingerprint density at radius 2 is 1.97 bits per heavy atom. The summed E-state index contributed by atoms with van der Waals surface area (Å²) in [5.41, 5.74) is 2.35. The van der Waals surface area contributed by atoms with Crippen molar-refractivity contribution < 1.29 is 9.59 Å². The lowest BCUT2D eigenvalue weighted by atomic mass is 9.95. The third-order valence-electron chi connectivity index (χ3n) is 5.42. The molecular formula is C23H25N3O2S. The Morgan fingerprint density at radius 1 is 1.17 bits per heavy atom. The van der Waals surface area contributed by atoms with Gasteiger partial charge < -0.3 is 10.2 Å². The molecule has 0 bridgehead atoms. The molecule has 0 spiro atoms. The molecule has 2 aromatic heterocycles. The van der Waals surface area contributed by atoms with Crippen molar-refractivity contribution in [1.29, 1.82) is 0 Å². The minimum Gasteiger partial charge on any atom is -0.356 e. The van der Waals surface area contributed by atoms with Crippen LogP contribution in [0.2, 0.25) is 0 Å². The Hall–Kier alpha value is -2.73. The summed E-state index contributed by atoms with van der Waals surface area (Å²) in [6.45, 7) is 3.97. The third kappa shape index (κ3) is 4.17. The highest BCUT2D eigenvalue weighted by Crippen LogP contribution is 2.29. The van der Waals surface area contributed by atoms with E-state index < -0.39 is 0 Å². The number of aromatic nitrogens is 1. The second-order valence-corrected chi connectivity index (χ2v) is 8.35. The van der Waals surface area contributed by atoms with Crippen LogP contribution < -0.4 is 5.32 Å². The number of thiophene rings is 1. The lowest BCUT2D eigenvalue weighted by molar-refractivity contribution is -0.126. The van der Waals surface area contributed by atoms with E-state index in [2.05, 4.69) is 5.32 Å². The summed E-state index contributed by atoms with van der Waals surface area (Å²) in [4.78, 5) is 33.3. The molecule has 29 heavy (non-hydrogen) atoms. The van der Waals surface area contributed by atoms with Crippen LogP contribution in [0.4, 0.5) is 0 Å². The quantitative estimate of drug-likeness (QED) is 0.684. The fraction of sp³-hybridized carbons (Fsp3) is 0.348. The van der Waals surface area contributed by atoms with Crippen molar-refractivity contribution in [3.05, 3.63) is 53.4 Å². The maximum atomic E-state index is 13.4. The molecule has 0 unspecified atom stereocenters. The van der Waals surface area contributed by atoms with Crippen molar-refractivity contribution in [2.24, 2.45) is 5.92 Å². The van der Waals surface area contributed by atoms with Crippen LogP contribution in [0, 0.1) is 5.92 Å². The van der Waals surface area contributed by atoms with Gasteiger partial charge in [-0.05, 0) is 42.8 Å². The number of carbonyl (C=O) groups excluding carboxylic acids is 2. The Morgan fingerprint density at radius 3 is 2.69 bits per heavy atom. The third-order valence-corrected chi connectivity index (χ3v) is 6.31. The Bertz CT molecular complexity index is 1010. The van der Waals surface area contributed by atoms with Gasteiger partial charge in [-0.2, -0.15) is 0 Å². The molecule has 1 aromatic carbocycles. The first-order chi connectivity index (χ1) is 14.2. The first-order valence-electron chi connectivity index (χ1n) is 10.2. The zero-order valence-corrected chi connectivity index (χ0v) is 17.4. The maximum absolute atomic E-state index is 13.4. The molecule has 3 heterocycles. The lowest BCUT2D eigenvalue weighted by Gasteiger charge is -2.31. The number of nitrogens with zero attached hydrogens (tertiary/aromatic N) is 2. The molecule has 1 fully saturated rings. The number of hydrogen-bond acceptors (Lipinski definition) is 4. The molecule has 3 aromatic rings. The maximum Gasteiger partial charge on any atom is 0.254 e. The predicted octanol–water partition coefficient (Wildman–Crippen LogP) is 4.34. The van der Waals surface area contributed by atoms with Gasteiger partial charge >= 0.3 is 0 Å². The molecule has 6 heteroatoms. The summed E-state index contributed by atoms with van der Waals surface area (Å²) >= 11 is 1.62. The molecular weight excluding hydrogens is 382 g/mol. The van der Waals surface area contributed by atoms with Gasteiger partial charge in [0.25, 0.3) is 5.91 Å². The topological polar surface area (TPSA) is 62.3 Å². The first kappa shape index (κ1) is 19.6. The van der Waals surface area contributed by atoms with Crippen LogP contribution >= 0.6 is 11.3 Å². The summed E-state index contributed by atoms with van der Waals surface area (Å²) in [5.74, 6) is 0.142. The smallest absolute Gasteiger partial charge is 0.254 e. The van der Waals surface area contributed by atoms with Crippen molar-refractivity contribution >= 4 is 34.1 Å². The number of hydrogen-bond donors (Lipinski definition) is 1. The molecule has 5 nitrogen and oxygen atoms in total. The van der Waals surface area contributed by atoms with E-state index in [1.54, 1.807) is 11.3 Å². The minimum absolute atomic E-state index is 0.00136. The fourth-order valence-corrected chi connectivity index (χ4v) is 4.50. The lowest BCUT2D eigenvalue weighted by Crippen LogP contribution is -2.43. The first-order valence-corrected chi connectivity index (χ1v) is 11.1. The highest BCUT2D eigenvalue weighted by molar-refractivity contribution is 7.13. The minimum atomic E-state index is 0.00136. The monoisotopic (exact) mass is 407 g/mol. The second kappa shape index (κ2) is 8.74. The molecule has 150 valence electrons. The SMILES string of the molecule is CCCNC(=O)C1CCN(C(=O)c2cc(-c3cccs3)nc3ccccc23)CC1. The normalized spacial score (nSPS) is 14.9. The van der Waals surface area contributed by atoms with Gasteiger partial charge in [-0.15, -0.1) is 11.3 Å². The van der Waals surface area contributed by atoms with Crippen LogP contribution in [0.1, 0.15) is 36.5 Å². The van der Waals surface area contributed by atoms with E-state index in [0.717, 1.165) is 27.9 Å². The van der Waals surface area contributed by atoms with Crippen molar-refractivity contribution in [3.63, 3.8) is 0 Å². The second-order valence-electron chi connectivity index (χ2n) is 7.41. The van der Waals surface area contributed by atoms with Crippen molar-refractivity contribution in [2.45, 2.75) is 26.2 Å². The average Bonchev–Trinajstić information content (AvgIpc) is 3.31. The summed E-state index contributed by atoms with van der Waals surface area (Å²) in [5, 5.41) is 5.87. The van der Waals surface area contributed by atoms with E-state index in [1.165, 1.54) is 0 Å². The zero-order chi connectivity index (χ0) is 20.2. The number of amides is 2. The van der Waals surface area contributed by atoms with Gasteiger partial charge in [-0.25, -0.2) is 4.98 Å². The molecule has 0 radical (unpaired) electrons. The fourth-order valence-electron chi connectivity index (χ4n) is 3.81. The molecule has 1 N–H and O–H groups in total. The number of para-hydroxylation sites is 1. The Kier molecular flexibility index (Phi) is 5.90. The molecule has 4 rings (SSSR count). The molecule has 1 aliphatic rings. The molecule has 0 atom stereocenters. The summed E-state index contributed by atoms with van der Waals surface area (Å²) in [6.07, 6.45) is 2.36. The van der Waals surface area contributed by atoms with Crippen LogP contribution in [0.5, 0.6) is 0 Å². The number of pyridine rings is 1. The van der Waals surface area contributed by atoms with Crippen LogP contribution in [-0.2, 0) is 4.79 Å². The van der Waals surface area contributed by atoms with E-state index in [0.29, 0.717) is 38.0 Å². The number of piperidine rings is 1. The van der Waals surface area contributed by atoms with Gasteiger partial charge in [0.15, 0.2) is 0 Å². The highest BCUT2D eigenvalue weighted by atomic mass is 32.1. The van der Waals surface area contributed by atoms with Gasteiger partial charge in [0.1, 0.15) is 0 Å². The molecule has 1 saturated heterocycles. The van der Waals surface area contributed by atoms with Crippen LogP contribution in [0.15, 0.2) is 47.8 Å². The number of carbonyl (C=O) groups is 2. The van der Waals surface area contributed by atoms with E-state index in [4.69, 9.17) is 4.98 Å². The van der Waals surface area contributed by atoms with Gasteiger partial charge in [0.2, 0.25) is 5.91 Å². The van der Waals surface area contributed by atoms with E-state index in [9.17, 15) is 9.59 Å². The van der Waals surface area contributed by atoms with Gasteiger partial charge in [0.05, 0.1) is 21.7 Å². The number of nitrogens with one attached hydrogen (secondary N) is 1. The molecule has 2 amide bonds. The average molecular weight is 408 g/mol. The molecule has 0 saturated carbocycles. The summed E-state index contributed by atoms with van der Waals surface area (Å²) in [7, 11) is 0. The predicted molar refractivity (Wildman–Crippen MR) is 117 cm³/mol. The largest absolute Gasteiger partial charge is 0.356 e. The van der Waals surface area contributed by atoms with Crippen LogP contribution in [0.3, 0.4) is 0 Å². The van der Waals surface area contributed by atoms with E-state index >= 15 is 0 Å². The zero-order valence-electron chi connectivity index (χ0n) is 16.6. The standard InChI is InChI=1S/C23H25N3O2S/c1-2-11-24-22(27)16-9-12-26(13-10-16)23(28)18-15-20(21-8-5-14-29-21)25-19-7-4-3-6-17(18)19/h3-8,14-16H,2,9-13H2,1H3,(H,24,27). The Balaban J connectivity index is 1.57. The number of likely N-dealkylation sites (tertiary alicyclic amines) is 1. The van der Waals surface area contributed by atoms with Crippen molar-refractivity contribution in [2.75, 3.05) is 19.6 Å². The molecule has 0 aliphatic carbocycles. The van der Waals surface area contributed by atoms with Gasteiger partial charge in [0, 0.05) is 30.9 Å². The number of fused-ring (bicyclic) bond motifs is 1. The van der Waals surface area contributed by atoms with Crippen LogP contribution in [-0.4, -0.2) is 41.3 Å². The highest BCUT2D eigenvalue weighted by Gasteiger charge is 2.28. The van der Waals surface area contributed by atoms with Crippen LogP contribution in [0.25, 0.3) is 21.5 Å². The molecule has 1 aliphatic heterocycles. The number of benzene rings is 1. The number of rotatable bonds is 5. The van der Waals surface area contributed by atoms with Crippen molar-refractivity contribution in [1.82, 2.24) is 15.2 Å². The summed E-state index contributed by atoms with van der Waals surface area (Å²) < 4.78 is 0. The van der Waals surface area contributed by atoms with Crippen molar-refractivity contribution in [3.8, 4) is 10.6 Å². The summed E-state index contributed by atoms with van der Waals surface area (Å²) in [6, 6.07) is 13.7. The van der Waals surface area contributed by atoms with E-state index in [1.807, 2.05) is 59.7 Å². The van der Waals surface area contributed by atoms with Gasteiger partial charge in [-0.3, -0.25) is 9.59 Å². The van der Waals surface area contributed by atoms with E-state index in [-0.39, 0.29) is 17.7 Å².